The van der Waals surface area contributed by atoms with Crippen molar-refractivity contribution in [2.24, 2.45) is 0 Å². The van der Waals surface area contributed by atoms with Gasteiger partial charge in [-0.3, -0.25) is 4.90 Å². The molecule has 2 aromatic rings. The lowest BCUT2D eigenvalue weighted by molar-refractivity contribution is 0.276. The standard InChI is InChI=1S/C24H29Cl2N/c1-2-27(18-19-8-4-3-5-9-19)17-7-10-20-21(23(25)13-14-23)11-6-12-22(20)24(26)15-16-24/h3-6,8-9,11-12H,2,7,10,13-18H2,1H3. The van der Waals surface area contributed by atoms with Crippen molar-refractivity contribution in [1.82, 2.24) is 4.90 Å². The lowest BCUT2D eigenvalue weighted by atomic mass is 9.91. The van der Waals surface area contributed by atoms with Crippen LogP contribution in [0.5, 0.6) is 0 Å². The molecule has 0 heterocycles. The summed E-state index contributed by atoms with van der Waals surface area (Å²) in [5, 5.41) is 0. The van der Waals surface area contributed by atoms with Crippen LogP contribution < -0.4 is 0 Å². The number of alkyl halides is 2. The minimum atomic E-state index is -0.123. The van der Waals surface area contributed by atoms with Crippen LogP contribution >= 0.6 is 23.2 Å². The third kappa shape index (κ3) is 4.36. The van der Waals surface area contributed by atoms with Gasteiger partial charge >= 0.3 is 0 Å². The van der Waals surface area contributed by atoms with Gasteiger partial charge in [-0.1, -0.05) is 55.5 Å². The van der Waals surface area contributed by atoms with E-state index >= 15 is 0 Å². The molecule has 0 N–H and O–H groups in total. The highest BCUT2D eigenvalue weighted by Crippen LogP contribution is 2.58. The summed E-state index contributed by atoms with van der Waals surface area (Å²) < 4.78 is 0. The molecule has 0 unspecified atom stereocenters. The average molecular weight is 402 g/mol. The van der Waals surface area contributed by atoms with Crippen molar-refractivity contribution in [3.8, 4) is 0 Å². The first kappa shape index (κ1) is 19.3. The fourth-order valence-corrected chi connectivity index (χ4v) is 4.67. The second-order valence-electron chi connectivity index (χ2n) is 8.22. The molecule has 144 valence electrons. The van der Waals surface area contributed by atoms with Gasteiger partial charge < -0.3 is 0 Å². The van der Waals surface area contributed by atoms with Gasteiger partial charge in [0, 0.05) is 6.54 Å². The molecule has 4 rings (SSSR count). The van der Waals surface area contributed by atoms with Gasteiger partial charge in [0.15, 0.2) is 0 Å². The van der Waals surface area contributed by atoms with Crippen LogP contribution in [0.2, 0.25) is 0 Å². The topological polar surface area (TPSA) is 3.24 Å². The molecule has 2 saturated carbocycles. The molecule has 3 heteroatoms. The van der Waals surface area contributed by atoms with E-state index in [-0.39, 0.29) is 9.75 Å². The number of benzene rings is 2. The van der Waals surface area contributed by atoms with E-state index in [0.29, 0.717) is 0 Å². The Balaban J connectivity index is 1.46. The summed E-state index contributed by atoms with van der Waals surface area (Å²) in [6.45, 7) is 5.44. The zero-order valence-electron chi connectivity index (χ0n) is 16.2. The van der Waals surface area contributed by atoms with E-state index in [9.17, 15) is 0 Å². The summed E-state index contributed by atoms with van der Waals surface area (Å²) >= 11 is 13.7. The Morgan fingerprint density at radius 2 is 1.44 bits per heavy atom. The van der Waals surface area contributed by atoms with Crippen LogP contribution in [0.15, 0.2) is 48.5 Å². The molecule has 0 aromatic heterocycles. The molecule has 0 aliphatic heterocycles. The zero-order valence-corrected chi connectivity index (χ0v) is 17.7. The van der Waals surface area contributed by atoms with Crippen molar-refractivity contribution in [1.29, 1.82) is 0 Å². The largest absolute Gasteiger partial charge is 0.299 e. The third-order valence-electron chi connectivity index (χ3n) is 6.12. The molecule has 2 aliphatic carbocycles. The Morgan fingerprint density at radius 1 is 0.852 bits per heavy atom. The molecule has 0 radical (unpaired) electrons. The number of rotatable bonds is 9. The third-order valence-corrected chi connectivity index (χ3v) is 7.28. The monoisotopic (exact) mass is 401 g/mol. The zero-order chi connectivity index (χ0) is 18.9. The summed E-state index contributed by atoms with van der Waals surface area (Å²) in [7, 11) is 0. The van der Waals surface area contributed by atoms with Gasteiger partial charge in [0.25, 0.3) is 0 Å². The summed E-state index contributed by atoms with van der Waals surface area (Å²) in [4.78, 5) is 2.28. The van der Waals surface area contributed by atoms with Gasteiger partial charge in [-0.15, -0.1) is 23.2 Å². The second-order valence-corrected chi connectivity index (χ2v) is 9.67. The van der Waals surface area contributed by atoms with Gasteiger partial charge in [0.1, 0.15) is 0 Å². The van der Waals surface area contributed by atoms with Crippen molar-refractivity contribution in [2.45, 2.75) is 61.7 Å². The highest BCUT2D eigenvalue weighted by Gasteiger charge is 2.48. The highest BCUT2D eigenvalue weighted by molar-refractivity contribution is 6.27. The molecule has 0 atom stereocenters. The first-order chi connectivity index (χ1) is 13.0. The first-order valence-corrected chi connectivity index (χ1v) is 11.1. The summed E-state index contributed by atoms with van der Waals surface area (Å²) in [5.74, 6) is 0. The lowest BCUT2D eigenvalue weighted by Gasteiger charge is -2.23. The van der Waals surface area contributed by atoms with E-state index in [1.54, 1.807) is 0 Å². The maximum absolute atomic E-state index is 6.84. The Bertz CT molecular complexity index is 742. The molecule has 2 aromatic carbocycles. The van der Waals surface area contributed by atoms with Gasteiger partial charge in [-0.25, -0.2) is 0 Å². The molecule has 0 bridgehead atoms. The van der Waals surface area contributed by atoms with Crippen LogP contribution in [0.3, 0.4) is 0 Å². The van der Waals surface area contributed by atoms with Crippen LogP contribution in [0.25, 0.3) is 0 Å². The highest BCUT2D eigenvalue weighted by atomic mass is 35.5. The van der Waals surface area contributed by atoms with E-state index in [0.717, 1.165) is 58.2 Å². The molecule has 0 saturated heterocycles. The quantitative estimate of drug-likeness (QED) is 0.427. The van der Waals surface area contributed by atoms with Crippen LogP contribution in [0.1, 0.15) is 61.3 Å². The van der Waals surface area contributed by atoms with Gasteiger partial charge in [-0.05, 0) is 73.9 Å². The SMILES string of the molecule is CCN(CCCc1c(C2(Cl)CC2)cccc1C1(Cl)CC1)Cc1ccccc1. The molecular formula is C24H29Cl2N. The Hall–Kier alpha value is -1.02. The van der Waals surface area contributed by atoms with Crippen LogP contribution in [-0.2, 0) is 22.7 Å². The van der Waals surface area contributed by atoms with Gasteiger partial charge in [0.05, 0.1) is 9.75 Å². The van der Waals surface area contributed by atoms with Crippen molar-refractivity contribution < 1.29 is 0 Å². The van der Waals surface area contributed by atoms with Crippen molar-refractivity contribution in [2.75, 3.05) is 13.1 Å². The minimum Gasteiger partial charge on any atom is -0.299 e. The summed E-state index contributed by atoms with van der Waals surface area (Å²) in [5.41, 5.74) is 5.52. The normalized spacial score (nSPS) is 19.3. The molecule has 0 amide bonds. The van der Waals surface area contributed by atoms with Crippen LogP contribution in [0.4, 0.5) is 0 Å². The molecule has 2 aliphatic rings. The predicted molar refractivity (Wildman–Crippen MR) is 116 cm³/mol. The Labute approximate surface area is 173 Å². The molecular weight excluding hydrogens is 373 g/mol. The summed E-state index contributed by atoms with van der Waals surface area (Å²) in [6.07, 6.45) is 6.58. The average Bonchev–Trinajstić information content (AvgIpc) is 3.61. The molecule has 0 spiro atoms. The number of hydrogen-bond donors (Lipinski definition) is 0. The smallest absolute Gasteiger partial charge is 0.0699 e. The van der Waals surface area contributed by atoms with E-state index in [1.807, 2.05) is 0 Å². The van der Waals surface area contributed by atoms with E-state index < -0.39 is 0 Å². The maximum Gasteiger partial charge on any atom is 0.0699 e. The predicted octanol–water partition coefficient (Wildman–Crippen LogP) is 6.60. The van der Waals surface area contributed by atoms with Crippen molar-refractivity contribution in [3.05, 3.63) is 70.8 Å². The first-order valence-electron chi connectivity index (χ1n) is 10.3. The van der Waals surface area contributed by atoms with Crippen LogP contribution in [-0.4, -0.2) is 18.0 Å². The van der Waals surface area contributed by atoms with E-state index in [4.69, 9.17) is 23.2 Å². The maximum atomic E-state index is 6.84. The lowest BCUT2D eigenvalue weighted by Crippen LogP contribution is -2.24. The van der Waals surface area contributed by atoms with Gasteiger partial charge in [0.2, 0.25) is 0 Å². The van der Waals surface area contributed by atoms with E-state index in [1.165, 1.54) is 22.3 Å². The number of hydrogen-bond acceptors (Lipinski definition) is 1. The molecule has 27 heavy (non-hydrogen) atoms. The van der Waals surface area contributed by atoms with Crippen LogP contribution in [0, 0.1) is 0 Å². The fourth-order valence-electron chi connectivity index (χ4n) is 4.12. The van der Waals surface area contributed by atoms with Gasteiger partial charge in [-0.2, -0.15) is 0 Å². The van der Waals surface area contributed by atoms with Crippen molar-refractivity contribution >= 4 is 23.2 Å². The molecule has 2 fully saturated rings. The Morgan fingerprint density at radius 3 is 1.96 bits per heavy atom. The summed E-state index contributed by atoms with van der Waals surface area (Å²) in [6, 6.07) is 17.4. The minimum absolute atomic E-state index is 0.123. The van der Waals surface area contributed by atoms with E-state index in [2.05, 4.69) is 60.4 Å². The second kappa shape index (κ2) is 7.78. The fraction of sp³-hybridized carbons (Fsp3) is 0.500. The Kier molecular flexibility index (Phi) is 5.56. The number of nitrogens with zero attached hydrogens (tertiary/aromatic N) is 1. The van der Waals surface area contributed by atoms with Crippen molar-refractivity contribution in [3.63, 3.8) is 0 Å². The number of halogens is 2. The molecule has 1 nitrogen and oxygen atoms in total.